The van der Waals surface area contributed by atoms with Crippen molar-refractivity contribution >= 4 is 38.5 Å². The monoisotopic (exact) mass is 359 g/mol. The predicted octanol–water partition coefficient (Wildman–Crippen LogP) is 3.64. The summed E-state index contributed by atoms with van der Waals surface area (Å²) in [6, 6.07) is 11.1. The summed E-state index contributed by atoms with van der Waals surface area (Å²) in [6.07, 6.45) is 3.18. The molecule has 1 aromatic carbocycles. The van der Waals surface area contributed by atoms with E-state index in [2.05, 4.69) is 16.9 Å². The molecule has 0 unspecified atom stereocenters. The lowest BCUT2D eigenvalue weighted by molar-refractivity contribution is 0.577. The molecule has 1 aliphatic rings. The van der Waals surface area contributed by atoms with Gasteiger partial charge in [0.1, 0.15) is 10.5 Å². The molecule has 0 spiro atoms. The van der Waals surface area contributed by atoms with Gasteiger partial charge in [0.15, 0.2) is 0 Å². The van der Waals surface area contributed by atoms with Gasteiger partial charge in [0.2, 0.25) is 0 Å². The lowest BCUT2D eigenvalue weighted by Gasteiger charge is -2.39. The molecule has 1 aliphatic heterocycles. The maximum absolute atomic E-state index is 13.4. The summed E-state index contributed by atoms with van der Waals surface area (Å²) >= 11 is 1.71. The minimum atomic E-state index is -3.69. The third kappa shape index (κ3) is 2.22. The van der Waals surface area contributed by atoms with Crippen molar-refractivity contribution in [3.8, 4) is 0 Å². The highest BCUT2D eigenvalue weighted by molar-refractivity contribution is 8.00. The molecule has 7 heteroatoms. The SMILES string of the molecule is C[C@@H]1[C@@H](C)Sc2ccccc2N1S(=O)(=O)c1c[nH]c2ncccc12. The van der Waals surface area contributed by atoms with E-state index < -0.39 is 10.0 Å². The third-order valence-electron chi connectivity index (χ3n) is 4.41. The van der Waals surface area contributed by atoms with Gasteiger partial charge in [-0.3, -0.25) is 4.31 Å². The zero-order valence-corrected chi connectivity index (χ0v) is 14.9. The Kier molecular flexibility index (Phi) is 3.58. The molecule has 124 valence electrons. The first-order valence-electron chi connectivity index (χ1n) is 7.72. The number of para-hydroxylation sites is 1. The second-order valence-electron chi connectivity index (χ2n) is 5.88. The summed E-state index contributed by atoms with van der Waals surface area (Å²) in [4.78, 5) is 8.42. The Bertz CT molecular complexity index is 1010. The van der Waals surface area contributed by atoms with Crippen molar-refractivity contribution in [1.29, 1.82) is 0 Å². The Hall–Kier alpha value is -1.99. The topological polar surface area (TPSA) is 66.1 Å². The molecule has 0 radical (unpaired) electrons. The van der Waals surface area contributed by atoms with E-state index in [4.69, 9.17) is 0 Å². The van der Waals surface area contributed by atoms with Gasteiger partial charge in [-0.2, -0.15) is 0 Å². The van der Waals surface area contributed by atoms with Gasteiger partial charge in [-0.25, -0.2) is 13.4 Å². The van der Waals surface area contributed by atoms with E-state index >= 15 is 0 Å². The molecule has 0 amide bonds. The number of aromatic nitrogens is 2. The molecule has 0 aliphatic carbocycles. The summed E-state index contributed by atoms with van der Waals surface area (Å²) < 4.78 is 28.5. The molecule has 4 rings (SSSR count). The van der Waals surface area contributed by atoms with Gasteiger partial charge in [0.05, 0.1) is 11.7 Å². The van der Waals surface area contributed by atoms with Crippen molar-refractivity contribution in [2.24, 2.45) is 0 Å². The molecule has 1 N–H and O–H groups in total. The summed E-state index contributed by atoms with van der Waals surface area (Å²) in [5.41, 5.74) is 1.32. The Balaban J connectivity index is 1.93. The second-order valence-corrected chi connectivity index (χ2v) is 9.09. The number of thioether (sulfide) groups is 1. The summed E-state index contributed by atoms with van der Waals surface area (Å²) in [5, 5.41) is 0.783. The fourth-order valence-corrected chi connectivity index (χ4v) is 6.25. The number of hydrogen-bond donors (Lipinski definition) is 1. The van der Waals surface area contributed by atoms with Crippen LogP contribution in [0.5, 0.6) is 0 Å². The minimum absolute atomic E-state index is 0.142. The van der Waals surface area contributed by atoms with Crippen LogP contribution in [-0.2, 0) is 10.0 Å². The quantitative estimate of drug-likeness (QED) is 0.759. The van der Waals surface area contributed by atoms with E-state index in [0.717, 1.165) is 10.6 Å². The molecule has 0 saturated heterocycles. The van der Waals surface area contributed by atoms with Crippen molar-refractivity contribution in [3.63, 3.8) is 0 Å². The fraction of sp³-hybridized carbons (Fsp3) is 0.235. The molecule has 5 nitrogen and oxygen atoms in total. The van der Waals surface area contributed by atoms with Crippen molar-refractivity contribution in [1.82, 2.24) is 9.97 Å². The Labute approximate surface area is 145 Å². The molecule has 3 aromatic rings. The number of aromatic amines is 1. The number of sulfonamides is 1. The van der Waals surface area contributed by atoms with Gasteiger partial charge in [-0.1, -0.05) is 19.1 Å². The number of rotatable bonds is 2. The standard InChI is InChI=1S/C17H17N3O2S2/c1-11-12(2)23-15-8-4-3-7-14(15)20(11)24(21,22)16-10-19-17-13(16)6-5-9-18-17/h3-12H,1-2H3,(H,18,19)/t11-,12-/m1/s1. The first-order chi connectivity index (χ1) is 11.5. The zero-order chi connectivity index (χ0) is 16.9. The van der Waals surface area contributed by atoms with Gasteiger partial charge < -0.3 is 4.98 Å². The van der Waals surface area contributed by atoms with Gasteiger partial charge in [-0.15, -0.1) is 11.8 Å². The summed E-state index contributed by atoms with van der Waals surface area (Å²) in [5.74, 6) is 0. The number of hydrogen-bond acceptors (Lipinski definition) is 4. The van der Waals surface area contributed by atoms with Crippen LogP contribution in [0.15, 0.2) is 58.6 Å². The molecule has 0 fully saturated rings. The van der Waals surface area contributed by atoms with E-state index in [1.807, 2.05) is 31.2 Å². The minimum Gasteiger partial charge on any atom is -0.345 e. The van der Waals surface area contributed by atoms with Crippen LogP contribution >= 0.6 is 11.8 Å². The third-order valence-corrected chi connectivity index (χ3v) is 7.72. The average molecular weight is 359 g/mol. The van der Waals surface area contributed by atoms with E-state index in [9.17, 15) is 8.42 Å². The molecule has 3 heterocycles. The molecule has 2 aromatic heterocycles. The lowest BCUT2D eigenvalue weighted by Crippen LogP contribution is -2.45. The number of benzene rings is 1. The maximum Gasteiger partial charge on any atom is 0.266 e. The van der Waals surface area contributed by atoms with Crippen LogP contribution in [0.3, 0.4) is 0 Å². The Morgan fingerprint density at radius 1 is 1.17 bits per heavy atom. The van der Waals surface area contributed by atoms with Crippen LogP contribution in [0, 0.1) is 0 Å². The molecule has 24 heavy (non-hydrogen) atoms. The number of anilines is 1. The van der Waals surface area contributed by atoms with Crippen LogP contribution in [0.4, 0.5) is 5.69 Å². The number of H-pyrrole nitrogens is 1. The normalized spacial score (nSPS) is 21.0. The predicted molar refractivity (Wildman–Crippen MR) is 97.0 cm³/mol. The van der Waals surface area contributed by atoms with Crippen LogP contribution in [0.25, 0.3) is 11.0 Å². The van der Waals surface area contributed by atoms with Crippen LogP contribution < -0.4 is 4.31 Å². The second kappa shape index (κ2) is 5.53. The Morgan fingerprint density at radius 2 is 1.96 bits per heavy atom. The molecule has 0 saturated carbocycles. The Morgan fingerprint density at radius 3 is 2.79 bits per heavy atom. The van der Waals surface area contributed by atoms with Crippen LogP contribution in [-0.4, -0.2) is 29.7 Å². The smallest absolute Gasteiger partial charge is 0.266 e. The number of pyridine rings is 1. The number of fused-ring (bicyclic) bond motifs is 2. The molecule has 0 bridgehead atoms. The average Bonchev–Trinajstić information content (AvgIpc) is 3.00. The van der Waals surface area contributed by atoms with Crippen molar-refractivity contribution in [2.45, 2.75) is 34.9 Å². The van der Waals surface area contributed by atoms with E-state index in [0.29, 0.717) is 11.0 Å². The van der Waals surface area contributed by atoms with E-state index in [-0.39, 0.29) is 16.2 Å². The molecular weight excluding hydrogens is 342 g/mol. The summed E-state index contributed by atoms with van der Waals surface area (Å²) in [6.45, 7) is 4.02. The highest BCUT2D eigenvalue weighted by Gasteiger charge is 2.38. The lowest BCUT2D eigenvalue weighted by atomic mass is 10.2. The van der Waals surface area contributed by atoms with Crippen molar-refractivity contribution in [3.05, 3.63) is 48.8 Å². The number of nitrogens with one attached hydrogen (secondary N) is 1. The molecule has 2 atom stereocenters. The highest BCUT2D eigenvalue weighted by atomic mass is 32.2. The largest absolute Gasteiger partial charge is 0.345 e. The van der Waals surface area contributed by atoms with Gasteiger partial charge in [-0.05, 0) is 31.2 Å². The van der Waals surface area contributed by atoms with Crippen molar-refractivity contribution in [2.75, 3.05) is 4.31 Å². The van der Waals surface area contributed by atoms with Crippen LogP contribution in [0.1, 0.15) is 13.8 Å². The maximum atomic E-state index is 13.4. The summed E-state index contributed by atoms with van der Waals surface area (Å²) in [7, 11) is -3.69. The number of nitrogens with zero attached hydrogens (tertiary/aromatic N) is 2. The van der Waals surface area contributed by atoms with Gasteiger partial charge in [0.25, 0.3) is 10.0 Å². The molecular formula is C17H17N3O2S2. The fourth-order valence-electron chi connectivity index (χ4n) is 3.05. The zero-order valence-electron chi connectivity index (χ0n) is 13.3. The highest BCUT2D eigenvalue weighted by Crippen LogP contribution is 2.44. The van der Waals surface area contributed by atoms with E-state index in [1.165, 1.54) is 6.20 Å². The van der Waals surface area contributed by atoms with Gasteiger partial charge >= 0.3 is 0 Å². The first kappa shape index (κ1) is 15.5. The van der Waals surface area contributed by atoms with Crippen LogP contribution in [0.2, 0.25) is 0 Å². The van der Waals surface area contributed by atoms with Gasteiger partial charge in [0, 0.05) is 27.9 Å². The first-order valence-corrected chi connectivity index (χ1v) is 10.0. The van der Waals surface area contributed by atoms with Crippen molar-refractivity contribution < 1.29 is 8.42 Å². The van der Waals surface area contributed by atoms with E-state index in [1.54, 1.807) is 34.4 Å².